The van der Waals surface area contributed by atoms with Gasteiger partial charge in [0.2, 0.25) is 0 Å². The Hall–Kier alpha value is -3.17. The predicted molar refractivity (Wildman–Crippen MR) is 132 cm³/mol. The van der Waals surface area contributed by atoms with Crippen molar-refractivity contribution in [3.05, 3.63) is 136 Å². The predicted octanol–water partition coefficient (Wildman–Crippen LogP) is 5.54. The molecule has 0 saturated heterocycles. The van der Waals surface area contributed by atoms with E-state index in [0.29, 0.717) is 0 Å². The van der Waals surface area contributed by atoms with E-state index in [0.717, 1.165) is 11.9 Å². The van der Waals surface area contributed by atoms with Gasteiger partial charge in [-0.2, -0.15) is 0 Å². The fourth-order valence-corrected chi connectivity index (χ4v) is 4.54. The summed E-state index contributed by atoms with van der Waals surface area (Å²) in [5.41, 5.74) is 3.51. The Bertz CT molecular complexity index is 1030. The lowest BCUT2D eigenvalue weighted by Gasteiger charge is -2.33. The number of nitrogens with two attached hydrogens (primary N) is 2. The minimum absolute atomic E-state index is 0.0556. The molecular weight excluding hydrogens is 440 g/mol. The number of benzene rings is 3. The zero-order valence-corrected chi connectivity index (χ0v) is 18.7. The second kappa shape index (κ2) is 11.4. The van der Waals surface area contributed by atoms with E-state index >= 15 is 0 Å². The third kappa shape index (κ3) is 5.17. The molecule has 0 aliphatic heterocycles. The van der Waals surface area contributed by atoms with Gasteiger partial charge in [-0.1, -0.05) is 103 Å². The van der Waals surface area contributed by atoms with Gasteiger partial charge in [0.1, 0.15) is 4.75 Å². The number of rotatable bonds is 6. The van der Waals surface area contributed by atoms with E-state index in [1.54, 1.807) is 0 Å². The van der Waals surface area contributed by atoms with E-state index in [1.807, 2.05) is 18.2 Å². The molecule has 3 aromatic carbocycles. The van der Waals surface area contributed by atoms with Crippen molar-refractivity contribution in [1.29, 1.82) is 0 Å². The molecule has 0 saturated carbocycles. The van der Waals surface area contributed by atoms with Crippen molar-refractivity contribution >= 4 is 29.6 Å². The smallest absolute Gasteiger partial charge is 0.276 e. The molecule has 8 heteroatoms. The van der Waals surface area contributed by atoms with Crippen molar-refractivity contribution in [3.63, 3.8) is 0 Å². The van der Waals surface area contributed by atoms with Gasteiger partial charge in [-0.15, -0.1) is 0 Å². The molecule has 0 radical (unpaired) electrons. The van der Waals surface area contributed by atoms with Crippen LogP contribution in [0.1, 0.15) is 16.7 Å². The van der Waals surface area contributed by atoms with Gasteiger partial charge in [-0.3, -0.25) is 20.4 Å². The maximum absolute atomic E-state index is 10.3. The van der Waals surface area contributed by atoms with Crippen molar-refractivity contribution in [2.75, 3.05) is 0 Å². The number of hydrogen-bond donors (Lipinski definition) is 2. The number of nitrogens with zero attached hydrogens (tertiary/aromatic N) is 2. The van der Waals surface area contributed by atoms with Crippen molar-refractivity contribution in [1.82, 2.24) is 4.98 Å². The summed E-state index contributed by atoms with van der Waals surface area (Å²) in [5.74, 6) is 0. The minimum atomic E-state index is -0.512. The van der Waals surface area contributed by atoms with Gasteiger partial charge < -0.3 is 0 Å². The van der Waals surface area contributed by atoms with E-state index in [-0.39, 0.29) is 15.5 Å². The highest BCUT2D eigenvalue weighted by molar-refractivity contribution is 7.98. The maximum atomic E-state index is 10.3. The summed E-state index contributed by atoms with van der Waals surface area (Å²) < 4.78 is -0.385. The third-order valence-electron chi connectivity index (χ3n) is 4.78. The van der Waals surface area contributed by atoms with Crippen LogP contribution in [0.4, 0.5) is 5.69 Å². The molecule has 0 spiro atoms. The van der Waals surface area contributed by atoms with Crippen LogP contribution in [0.25, 0.3) is 0 Å². The Balaban J connectivity index is 0.000000222. The van der Waals surface area contributed by atoms with Crippen LogP contribution >= 0.6 is 23.9 Å². The summed E-state index contributed by atoms with van der Waals surface area (Å²) in [5, 5.41) is 21.9. The topological polar surface area (TPSA) is 108 Å². The monoisotopic (exact) mass is 462 g/mol. The van der Waals surface area contributed by atoms with Gasteiger partial charge in [0.15, 0.2) is 5.03 Å². The van der Waals surface area contributed by atoms with Crippen molar-refractivity contribution in [2.45, 2.75) is 9.77 Å². The molecule has 1 aromatic heterocycles. The molecule has 1 heterocycles. The minimum Gasteiger partial charge on any atom is -0.276 e. The van der Waals surface area contributed by atoms with Crippen molar-refractivity contribution in [3.8, 4) is 0 Å². The average Bonchev–Trinajstić information content (AvgIpc) is 2.87. The zero-order valence-electron chi connectivity index (χ0n) is 17.1. The summed E-state index contributed by atoms with van der Waals surface area (Å²) in [4.78, 5) is 13.5. The molecular formula is C24H22N4O2S2. The van der Waals surface area contributed by atoms with Crippen molar-refractivity contribution in [2.24, 2.45) is 10.3 Å². The van der Waals surface area contributed by atoms with Crippen LogP contribution in [0, 0.1) is 10.1 Å². The summed E-state index contributed by atoms with van der Waals surface area (Å²) in [6.45, 7) is 0. The zero-order chi connectivity index (χ0) is 22.8. The van der Waals surface area contributed by atoms with E-state index in [9.17, 15) is 10.1 Å². The lowest BCUT2D eigenvalue weighted by Crippen LogP contribution is -2.27. The van der Waals surface area contributed by atoms with Crippen LogP contribution in [-0.2, 0) is 4.75 Å². The molecule has 162 valence electrons. The van der Waals surface area contributed by atoms with Gasteiger partial charge >= 0.3 is 5.69 Å². The van der Waals surface area contributed by atoms with E-state index in [4.69, 9.17) is 10.3 Å². The summed E-state index contributed by atoms with van der Waals surface area (Å²) in [7, 11) is 0. The maximum Gasteiger partial charge on any atom is 0.302 e. The van der Waals surface area contributed by atoms with Crippen LogP contribution < -0.4 is 10.3 Å². The van der Waals surface area contributed by atoms with Crippen molar-refractivity contribution < 1.29 is 4.92 Å². The molecule has 0 unspecified atom stereocenters. The summed E-state index contributed by atoms with van der Waals surface area (Å²) in [6.07, 6.45) is 1.46. The Labute approximate surface area is 195 Å². The fraction of sp³-hybridized carbons (Fsp3) is 0.0417. The highest BCUT2D eigenvalue weighted by atomic mass is 32.2. The van der Waals surface area contributed by atoms with Gasteiger partial charge in [0.25, 0.3) is 0 Å². The Morgan fingerprint density at radius 3 is 1.47 bits per heavy atom. The van der Waals surface area contributed by atoms with Gasteiger partial charge in [0.05, 0.1) is 4.92 Å². The molecule has 4 aromatic rings. The van der Waals surface area contributed by atoms with Crippen LogP contribution in [0.3, 0.4) is 0 Å². The first-order valence-corrected chi connectivity index (χ1v) is 11.4. The summed E-state index contributed by atoms with van der Waals surface area (Å²) in [6, 6.07) is 34.2. The largest absolute Gasteiger partial charge is 0.302 e. The van der Waals surface area contributed by atoms with Crippen LogP contribution in [0.2, 0.25) is 0 Å². The second-order valence-corrected chi connectivity index (χ2v) is 8.07. The quantitative estimate of drug-likeness (QED) is 0.168. The molecule has 6 nitrogen and oxygen atoms in total. The highest BCUT2D eigenvalue weighted by Gasteiger charge is 2.36. The van der Waals surface area contributed by atoms with Gasteiger partial charge in [-0.25, -0.2) is 4.98 Å². The molecule has 0 bridgehead atoms. The second-order valence-electron chi connectivity index (χ2n) is 6.60. The lowest BCUT2D eigenvalue weighted by molar-refractivity contribution is -0.388. The SMILES string of the molecule is NSC(c1ccccc1)(c1ccccc1)c1ccccc1.NSc1ncccc1[N+](=O)[O-]. The molecule has 4 N–H and O–H groups in total. The van der Waals surface area contributed by atoms with E-state index in [1.165, 1.54) is 47.0 Å². The molecule has 0 aliphatic rings. The number of nitro groups is 1. The van der Waals surface area contributed by atoms with Crippen LogP contribution in [-0.4, -0.2) is 9.91 Å². The third-order valence-corrected chi connectivity index (χ3v) is 6.38. The standard InChI is InChI=1S/C19H17NS.C5H5N3O2S/c20-21-19(16-10-4-1-5-11-16,17-12-6-2-7-13-17)18-14-8-3-9-15-18;6-11-5-4(8(9)10)2-1-3-7-5/h1-15H,20H2;1-3H,6H2. The summed E-state index contributed by atoms with van der Waals surface area (Å²) >= 11 is 2.15. The Morgan fingerprint density at radius 2 is 1.16 bits per heavy atom. The van der Waals surface area contributed by atoms with Gasteiger partial charge in [0, 0.05) is 12.3 Å². The van der Waals surface area contributed by atoms with E-state index < -0.39 is 4.92 Å². The number of aromatic nitrogens is 1. The number of pyridine rings is 1. The van der Waals surface area contributed by atoms with E-state index in [2.05, 4.69) is 77.8 Å². The average molecular weight is 463 g/mol. The molecule has 4 rings (SSSR count). The molecule has 0 fully saturated rings. The first-order valence-electron chi connectivity index (χ1n) is 9.64. The normalized spacial score (nSPS) is 10.7. The van der Waals surface area contributed by atoms with Gasteiger partial charge in [-0.05, 0) is 34.7 Å². The molecule has 0 aliphatic carbocycles. The molecule has 0 amide bonds. The number of hydrogen-bond acceptors (Lipinski definition) is 7. The Kier molecular flexibility index (Phi) is 8.41. The first kappa shape index (κ1) is 23.5. The van der Waals surface area contributed by atoms with Crippen LogP contribution in [0.15, 0.2) is 114 Å². The van der Waals surface area contributed by atoms with Crippen LogP contribution in [0.5, 0.6) is 0 Å². The first-order chi connectivity index (χ1) is 15.6. The Morgan fingerprint density at radius 1 is 0.719 bits per heavy atom. The lowest BCUT2D eigenvalue weighted by atomic mass is 9.84. The fourth-order valence-electron chi connectivity index (χ4n) is 3.33. The molecule has 32 heavy (non-hydrogen) atoms. The highest BCUT2D eigenvalue weighted by Crippen LogP contribution is 2.45. The molecule has 0 atom stereocenters.